The summed E-state index contributed by atoms with van der Waals surface area (Å²) in [5.41, 5.74) is 1.18. The number of carbonyl (C=O) groups excluding carboxylic acids is 1. The predicted molar refractivity (Wildman–Crippen MR) is 68.6 cm³/mol. The molecule has 6 heteroatoms. The molecule has 1 heterocycles. The molecule has 102 valence electrons. The second kappa shape index (κ2) is 6.49. The minimum Gasteiger partial charge on any atom is -0.461 e. The van der Waals surface area contributed by atoms with Crippen LogP contribution in [0.15, 0.2) is 0 Å². The molecule has 0 atom stereocenters. The lowest BCUT2D eigenvalue weighted by Crippen LogP contribution is -2.21. The van der Waals surface area contributed by atoms with Crippen molar-refractivity contribution in [1.82, 2.24) is 19.9 Å². The summed E-state index contributed by atoms with van der Waals surface area (Å²) in [5.74, 6) is -0.209. The molecule has 0 spiro atoms. The summed E-state index contributed by atoms with van der Waals surface area (Å²) in [6.07, 6.45) is 0. The first kappa shape index (κ1) is 14.6. The Labute approximate surface area is 108 Å². The van der Waals surface area contributed by atoms with Gasteiger partial charge in [0.15, 0.2) is 5.69 Å². The summed E-state index contributed by atoms with van der Waals surface area (Å²) in [6, 6.07) is 0. The van der Waals surface area contributed by atoms with Crippen LogP contribution in [0.1, 0.15) is 42.9 Å². The molecule has 6 nitrogen and oxygen atoms in total. The third kappa shape index (κ3) is 3.53. The van der Waals surface area contributed by atoms with E-state index in [1.807, 2.05) is 27.9 Å². The molecular weight excluding hydrogens is 232 g/mol. The van der Waals surface area contributed by atoms with Gasteiger partial charge in [0.2, 0.25) is 0 Å². The van der Waals surface area contributed by atoms with Gasteiger partial charge in [0.1, 0.15) is 0 Å². The van der Waals surface area contributed by atoms with Crippen LogP contribution in [0.2, 0.25) is 0 Å². The van der Waals surface area contributed by atoms with Crippen molar-refractivity contribution in [1.29, 1.82) is 0 Å². The summed E-state index contributed by atoms with van der Waals surface area (Å²) >= 11 is 0. The summed E-state index contributed by atoms with van der Waals surface area (Å²) in [6.45, 7) is 7.74. The van der Waals surface area contributed by atoms with Crippen LogP contribution in [0.25, 0.3) is 0 Å². The van der Waals surface area contributed by atoms with Crippen LogP contribution in [0.5, 0.6) is 0 Å². The third-order valence-electron chi connectivity index (χ3n) is 2.55. The van der Waals surface area contributed by atoms with Gasteiger partial charge in [-0.3, -0.25) is 0 Å². The number of hydrogen-bond acceptors (Lipinski definition) is 5. The number of aromatic nitrogens is 3. The second-order valence-corrected chi connectivity index (χ2v) is 4.72. The van der Waals surface area contributed by atoms with Crippen molar-refractivity contribution in [2.45, 2.75) is 33.2 Å². The van der Waals surface area contributed by atoms with Crippen LogP contribution in [0, 0.1) is 0 Å². The van der Waals surface area contributed by atoms with E-state index in [0.717, 1.165) is 12.2 Å². The van der Waals surface area contributed by atoms with E-state index in [1.165, 1.54) is 0 Å². The predicted octanol–water partition coefficient (Wildman–Crippen LogP) is 1.14. The van der Waals surface area contributed by atoms with Crippen molar-refractivity contribution in [2.75, 3.05) is 27.2 Å². The fraction of sp³-hybridized carbons (Fsp3) is 0.750. The molecule has 0 amide bonds. The van der Waals surface area contributed by atoms with Crippen molar-refractivity contribution < 1.29 is 9.53 Å². The van der Waals surface area contributed by atoms with E-state index in [-0.39, 0.29) is 5.92 Å². The number of rotatable bonds is 6. The topological polar surface area (TPSA) is 60.2 Å². The molecule has 0 saturated heterocycles. The van der Waals surface area contributed by atoms with Crippen LogP contribution in [0.4, 0.5) is 0 Å². The number of hydrogen-bond donors (Lipinski definition) is 0. The molecule has 0 N–H and O–H groups in total. The smallest absolute Gasteiger partial charge is 0.360 e. The number of nitrogens with zero attached hydrogens (tertiary/aromatic N) is 4. The molecule has 0 bridgehead atoms. The number of ether oxygens (including phenoxy) is 1. The highest BCUT2D eigenvalue weighted by atomic mass is 16.5. The molecule has 0 aliphatic carbocycles. The van der Waals surface area contributed by atoms with Gasteiger partial charge >= 0.3 is 5.97 Å². The van der Waals surface area contributed by atoms with Crippen LogP contribution in [0.3, 0.4) is 0 Å². The van der Waals surface area contributed by atoms with Crippen molar-refractivity contribution in [3.8, 4) is 0 Å². The van der Waals surface area contributed by atoms with Crippen LogP contribution >= 0.6 is 0 Å². The minimum atomic E-state index is -0.391. The van der Waals surface area contributed by atoms with Gasteiger partial charge in [0, 0.05) is 6.54 Å². The Morgan fingerprint density at radius 2 is 2.11 bits per heavy atom. The normalized spacial score (nSPS) is 11.3. The van der Waals surface area contributed by atoms with Crippen molar-refractivity contribution >= 4 is 5.97 Å². The highest BCUT2D eigenvalue weighted by molar-refractivity contribution is 5.88. The standard InChI is InChI=1S/C12H22N4O2/c1-6-18-12(17)10-11(9(2)3)16(14-13-10)8-7-15(4)5/h9H,6-8H2,1-5H3. The monoisotopic (exact) mass is 254 g/mol. The summed E-state index contributed by atoms with van der Waals surface area (Å²) in [5, 5.41) is 8.01. The van der Waals surface area contributed by atoms with Crippen molar-refractivity contribution in [3.63, 3.8) is 0 Å². The molecule has 0 fully saturated rings. The van der Waals surface area contributed by atoms with Crippen molar-refractivity contribution in [3.05, 3.63) is 11.4 Å². The zero-order chi connectivity index (χ0) is 13.7. The van der Waals surface area contributed by atoms with Gasteiger partial charge in [-0.2, -0.15) is 0 Å². The Morgan fingerprint density at radius 3 is 2.61 bits per heavy atom. The Morgan fingerprint density at radius 1 is 1.44 bits per heavy atom. The lowest BCUT2D eigenvalue weighted by atomic mass is 10.1. The van der Waals surface area contributed by atoms with E-state index in [4.69, 9.17) is 4.74 Å². The van der Waals surface area contributed by atoms with Gasteiger partial charge in [-0.1, -0.05) is 19.1 Å². The van der Waals surface area contributed by atoms with Gasteiger partial charge in [0.25, 0.3) is 0 Å². The van der Waals surface area contributed by atoms with Crippen LogP contribution < -0.4 is 0 Å². The SMILES string of the molecule is CCOC(=O)c1nnn(CCN(C)C)c1C(C)C. The Balaban J connectivity index is 2.95. The first-order chi connectivity index (χ1) is 8.47. The number of likely N-dealkylation sites (N-methyl/N-ethyl adjacent to an activating group) is 1. The Kier molecular flexibility index (Phi) is 5.27. The number of carbonyl (C=O) groups is 1. The van der Waals surface area contributed by atoms with Gasteiger partial charge in [-0.05, 0) is 26.9 Å². The second-order valence-electron chi connectivity index (χ2n) is 4.72. The highest BCUT2D eigenvalue weighted by Gasteiger charge is 2.22. The van der Waals surface area contributed by atoms with Crippen molar-refractivity contribution in [2.24, 2.45) is 0 Å². The molecule has 0 saturated carbocycles. The molecule has 18 heavy (non-hydrogen) atoms. The van der Waals surface area contributed by atoms with E-state index < -0.39 is 5.97 Å². The maximum absolute atomic E-state index is 11.8. The zero-order valence-electron chi connectivity index (χ0n) is 11.8. The summed E-state index contributed by atoms with van der Waals surface area (Å²) in [4.78, 5) is 13.8. The first-order valence-corrected chi connectivity index (χ1v) is 6.22. The van der Waals surface area contributed by atoms with E-state index in [2.05, 4.69) is 15.2 Å². The van der Waals surface area contributed by atoms with E-state index in [1.54, 1.807) is 11.6 Å². The quantitative estimate of drug-likeness (QED) is 0.712. The first-order valence-electron chi connectivity index (χ1n) is 6.22. The molecule has 0 radical (unpaired) electrons. The lowest BCUT2D eigenvalue weighted by molar-refractivity contribution is 0.0517. The van der Waals surface area contributed by atoms with E-state index >= 15 is 0 Å². The maximum atomic E-state index is 11.8. The molecule has 0 aliphatic rings. The lowest BCUT2D eigenvalue weighted by Gasteiger charge is -2.13. The number of esters is 1. The third-order valence-corrected chi connectivity index (χ3v) is 2.55. The van der Waals surface area contributed by atoms with E-state index in [0.29, 0.717) is 18.8 Å². The highest BCUT2D eigenvalue weighted by Crippen LogP contribution is 2.18. The van der Waals surface area contributed by atoms with Gasteiger partial charge in [-0.25, -0.2) is 9.48 Å². The summed E-state index contributed by atoms with van der Waals surface area (Å²) in [7, 11) is 4.00. The molecule has 0 aromatic carbocycles. The molecule has 1 rings (SSSR count). The van der Waals surface area contributed by atoms with Crippen LogP contribution in [-0.4, -0.2) is 53.1 Å². The minimum absolute atomic E-state index is 0.182. The Bertz CT molecular complexity index is 399. The molecular formula is C12H22N4O2. The Hall–Kier alpha value is -1.43. The fourth-order valence-corrected chi connectivity index (χ4v) is 1.70. The molecule has 0 aliphatic heterocycles. The molecule has 1 aromatic heterocycles. The van der Waals surface area contributed by atoms with Gasteiger partial charge < -0.3 is 9.64 Å². The van der Waals surface area contributed by atoms with Gasteiger partial charge in [-0.15, -0.1) is 5.10 Å². The van der Waals surface area contributed by atoms with Gasteiger partial charge in [0.05, 0.1) is 18.8 Å². The fourth-order valence-electron chi connectivity index (χ4n) is 1.70. The summed E-state index contributed by atoms with van der Waals surface area (Å²) < 4.78 is 6.78. The van der Waals surface area contributed by atoms with E-state index in [9.17, 15) is 4.79 Å². The average molecular weight is 254 g/mol. The largest absolute Gasteiger partial charge is 0.461 e. The molecule has 1 aromatic rings. The average Bonchev–Trinajstić information content (AvgIpc) is 2.70. The van der Waals surface area contributed by atoms with Crippen LogP contribution in [-0.2, 0) is 11.3 Å². The zero-order valence-corrected chi connectivity index (χ0v) is 11.8. The maximum Gasteiger partial charge on any atom is 0.360 e. The molecule has 0 unspecified atom stereocenters.